The summed E-state index contributed by atoms with van der Waals surface area (Å²) in [5, 5.41) is 8.71. The van der Waals surface area contributed by atoms with Crippen molar-refractivity contribution >= 4 is 11.7 Å². The Morgan fingerprint density at radius 1 is 1.44 bits per heavy atom. The van der Waals surface area contributed by atoms with Crippen molar-refractivity contribution in [1.82, 2.24) is 0 Å². The number of carbonyl (C=O) groups is 1. The molecule has 3 N–H and O–H groups in total. The van der Waals surface area contributed by atoms with Gasteiger partial charge in [0.05, 0.1) is 0 Å². The largest absolute Gasteiger partial charge is 0.480 e. The molecule has 0 aliphatic heterocycles. The zero-order valence-corrected chi connectivity index (χ0v) is 9.68. The lowest BCUT2D eigenvalue weighted by Gasteiger charge is -2.21. The molecule has 0 aliphatic carbocycles. The molecule has 1 unspecified atom stereocenters. The topological polar surface area (TPSA) is 66.6 Å². The molecule has 1 aromatic rings. The van der Waals surface area contributed by atoms with Gasteiger partial charge in [-0.1, -0.05) is 19.1 Å². The smallest absolute Gasteiger partial charge is 0.322 e. The molecule has 4 heteroatoms. The number of rotatable bonds is 5. The predicted octanol–water partition coefficient (Wildman–Crippen LogP) is 1.10. The number of carboxylic acid groups (broad SMARTS) is 1. The Labute approximate surface area is 95.7 Å². The Morgan fingerprint density at radius 2 is 2.00 bits per heavy atom. The first-order valence-electron chi connectivity index (χ1n) is 5.33. The van der Waals surface area contributed by atoms with Crippen LogP contribution in [0.2, 0.25) is 0 Å². The third kappa shape index (κ3) is 3.24. The number of anilines is 1. The monoisotopic (exact) mass is 222 g/mol. The molecule has 0 bridgehead atoms. The highest BCUT2D eigenvalue weighted by molar-refractivity contribution is 5.74. The van der Waals surface area contributed by atoms with E-state index < -0.39 is 12.0 Å². The van der Waals surface area contributed by atoms with Crippen LogP contribution in [0.25, 0.3) is 0 Å². The standard InChI is InChI=1S/C12H18N2O2/c1-3-9-4-6-10(7-5-9)14(2)8-11(13)12(15)16/h4-7,11H,3,8,13H2,1-2H3,(H,15,16). The van der Waals surface area contributed by atoms with Crippen molar-refractivity contribution in [3.05, 3.63) is 29.8 Å². The molecule has 4 nitrogen and oxygen atoms in total. The minimum Gasteiger partial charge on any atom is -0.480 e. The average molecular weight is 222 g/mol. The molecule has 1 aromatic carbocycles. The fourth-order valence-electron chi connectivity index (χ4n) is 1.46. The van der Waals surface area contributed by atoms with Gasteiger partial charge >= 0.3 is 5.97 Å². The van der Waals surface area contributed by atoms with E-state index >= 15 is 0 Å². The van der Waals surface area contributed by atoms with E-state index in [-0.39, 0.29) is 0 Å². The third-order valence-electron chi connectivity index (χ3n) is 2.57. The van der Waals surface area contributed by atoms with E-state index in [2.05, 4.69) is 6.92 Å². The fourth-order valence-corrected chi connectivity index (χ4v) is 1.46. The van der Waals surface area contributed by atoms with E-state index in [4.69, 9.17) is 10.8 Å². The number of aliphatic carboxylic acids is 1. The van der Waals surface area contributed by atoms with Crippen LogP contribution in [0.1, 0.15) is 12.5 Å². The number of hydrogen-bond donors (Lipinski definition) is 2. The van der Waals surface area contributed by atoms with Crippen molar-refractivity contribution in [2.24, 2.45) is 5.73 Å². The van der Waals surface area contributed by atoms with Gasteiger partial charge in [-0.2, -0.15) is 0 Å². The second kappa shape index (κ2) is 5.51. The SMILES string of the molecule is CCc1ccc(N(C)CC(N)C(=O)O)cc1. The zero-order chi connectivity index (χ0) is 12.1. The van der Waals surface area contributed by atoms with Gasteiger partial charge < -0.3 is 15.7 Å². The lowest BCUT2D eigenvalue weighted by atomic mass is 10.1. The summed E-state index contributed by atoms with van der Waals surface area (Å²) in [4.78, 5) is 12.5. The highest BCUT2D eigenvalue weighted by Gasteiger charge is 2.14. The molecule has 0 aromatic heterocycles. The second-order valence-electron chi connectivity index (χ2n) is 3.85. The maximum atomic E-state index is 10.6. The van der Waals surface area contributed by atoms with E-state index in [0.717, 1.165) is 12.1 Å². The van der Waals surface area contributed by atoms with Gasteiger partial charge in [0, 0.05) is 19.3 Å². The number of nitrogens with zero attached hydrogens (tertiary/aromatic N) is 1. The summed E-state index contributed by atoms with van der Waals surface area (Å²) in [5.74, 6) is -0.975. The number of carboxylic acids is 1. The van der Waals surface area contributed by atoms with Crippen LogP contribution >= 0.6 is 0 Å². The lowest BCUT2D eigenvalue weighted by molar-refractivity contribution is -0.138. The molecule has 0 saturated heterocycles. The highest BCUT2D eigenvalue weighted by atomic mass is 16.4. The molecular weight excluding hydrogens is 204 g/mol. The number of aryl methyl sites for hydroxylation is 1. The van der Waals surface area contributed by atoms with Gasteiger partial charge in [0.25, 0.3) is 0 Å². The van der Waals surface area contributed by atoms with Crippen LogP contribution in [0.15, 0.2) is 24.3 Å². The van der Waals surface area contributed by atoms with Crippen LogP contribution in [0.4, 0.5) is 5.69 Å². The first-order valence-corrected chi connectivity index (χ1v) is 5.33. The van der Waals surface area contributed by atoms with E-state index in [0.29, 0.717) is 6.54 Å². The van der Waals surface area contributed by atoms with Gasteiger partial charge in [0.1, 0.15) is 6.04 Å². The quantitative estimate of drug-likeness (QED) is 0.783. The first kappa shape index (κ1) is 12.5. The normalized spacial score (nSPS) is 12.2. The number of likely N-dealkylation sites (N-methyl/N-ethyl adjacent to an activating group) is 1. The zero-order valence-electron chi connectivity index (χ0n) is 9.68. The Morgan fingerprint density at radius 3 is 2.44 bits per heavy atom. The van der Waals surface area contributed by atoms with Gasteiger partial charge in [0.2, 0.25) is 0 Å². The molecule has 0 saturated carbocycles. The Hall–Kier alpha value is -1.55. The molecule has 1 rings (SSSR count). The molecule has 0 heterocycles. The Balaban J connectivity index is 2.65. The number of nitrogens with two attached hydrogens (primary N) is 1. The molecule has 0 spiro atoms. The summed E-state index contributed by atoms with van der Waals surface area (Å²) in [7, 11) is 1.84. The van der Waals surface area contributed by atoms with Crippen LogP contribution in [0, 0.1) is 0 Å². The van der Waals surface area contributed by atoms with Crippen molar-refractivity contribution in [3.8, 4) is 0 Å². The van der Waals surface area contributed by atoms with E-state index in [1.54, 1.807) is 0 Å². The summed E-state index contributed by atoms with van der Waals surface area (Å²) in [6.45, 7) is 2.40. The van der Waals surface area contributed by atoms with Crippen LogP contribution < -0.4 is 10.6 Å². The maximum absolute atomic E-state index is 10.6. The van der Waals surface area contributed by atoms with E-state index in [9.17, 15) is 4.79 Å². The summed E-state index contributed by atoms with van der Waals surface area (Å²) in [6, 6.07) is 7.19. The first-order chi connectivity index (χ1) is 7.54. The van der Waals surface area contributed by atoms with Crippen molar-refractivity contribution in [2.45, 2.75) is 19.4 Å². The minimum absolute atomic E-state index is 0.306. The van der Waals surface area contributed by atoms with Gasteiger partial charge in [-0.05, 0) is 24.1 Å². The summed E-state index contributed by atoms with van der Waals surface area (Å²) in [5.41, 5.74) is 7.71. The minimum atomic E-state index is -0.975. The van der Waals surface area contributed by atoms with E-state index in [1.165, 1.54) is 5.56 Å². The number of benzene rings is 1. The maximum Gasteiger partial charge on any atom is 0.322 e. The van der Waals surface area contributed by atoms with Crippen LogP contribution in [0.3, 0.4) is 0 Å². The van der Waals surface area contributed by atoms with Crippen molar-refractivity contribution in [1.29, 1.82) is 0 Å². The molecule has 1 atom stereocenters. The molecular formula is C12H18N2O2. The van der Waals surface area contributed by atoms with Gasteiger partial charge in [-0.25, -0.2) is 0 Å². The Kier molecular flexibility index (Phi) is 4.31. The predicted molar refractivity (Wildman–Crippen MR) is 64.7 cm³/mol. The molecule has 0 radical (unpaired) electrons. The third-order valence-corrected chi connectivity index (χ3v) is 2.57. The highest BCUT2D eigenvalue weighted by Crippen LogP contribution is 2.14. The van der Waals surface area contributed by atoms with Gasteiger partial charge in [-0.15, -0.1) is 0 Å². The molecule has 16 heavy (non-hydrogen) atoms. The Bertz CT molecular complexity index is 349. The molecule has 0 fully saturated rings. The van der Waals surface area contributed by atoms with E-state index in [1.807, 2.05) is 36.2 Å². The summed E-state index contributed by atoms with van der Waals surface area (Å²) < 4.78 is 0. The van der Waals surface area contributed by atoms with Crippen LogP contribution in [-0.4, -0.2) is 30.7 Å². The fraction of sp³-hybridized carbons (Fsp3) is 0.417. The second-order valence-corrected chi connectivity index (χ2v) is 3.85. The summed E-state index contributed by atoms with van der Waals surface area (Å²) in [6.07, 6.45) is 0.999. The van der Waals surface area contributed by atoms with Crippen molar-refractivity contribution in [3.63, 3.8) is 0 Å². The molecule has 0 aliphatic rings. The van der Waals surface area contributed by atoms with Crippen LogP contribution in [-0.2, 0) is 11.2 Å². The lowest BCUT2D eigenvalue weighted by Crippen LogP contribution is -2.41. The average Bonchev–Trinajstić information content (AvgIpc) is 2.28. The van der Waals surface area contributed by atoms with Crippen molar-refractivity contribution < 1.29 is 9.90 Å². The molecule has 88 valence electrons. The van der Waals surface area contributed by atoms with Crippen LogP contribution in [0.5, 0.6) is 0 Å². The van der Waals surface area contributed by atoms with Crippen molar-refractivity contribution in [2.75, 3.05) is 18.5 Å². The summed E-state index contributed by atoms with van der Waals surface area (Å²) >= 11 is 0. The molecule has 0 amide bonds. The number of hydrogen-bond acceptors (Lipinski definition) is 3. The van der Waals surface area contributed by atoms with Gasteiger partial charge in [-0.3, -0.25) is 4.79 Å². The van der Waals surface area contributed by atoms with Gasteiger partial charge in [0.15, 0.2) is 0 Å².